The first-order valence-corrected chi connectivity index (χ1v) is 8.25. The molecule has 1 aliphatic carbocycles. The van der Waals surface area contributed by atoms with Gasteiger partial charge in [0.15, 0.2) is 6.79 Å². The fourth-order valence-electron chi connectivity index (χ4n) is 1.93. The lowest BCUT2D eigenvalue weighted by Crippen LogP contribution is -2.09. The molecule has 1 unspecified atom stereocenters. The van der Waals surface area contributed by atoms with Crippen LogP contribution in [0.2, 0.25) is 0 Å². The summed E-state index contributed by atoms with van der Waals surface area (Å²) in [7, 11) is -2.72. The van der Waals surface area contributed by atoms with E-state index in [9.17, 15) is 9.36 Å². The van der Waals surface area contributed by atoms with Crippen molar-refractivity contribution in [2.24, 2.45) is 5.92 Å². The van der Waals surface area contributed by atoms with Crippen molar-refractivity contribution in [2.45, 2.75) is 12.1 Å². The largest absolute Gasteiger partial charge is 0.434 e. The molecule has 0 radical (unpaired) electrons. The number of allylic oxidation sites excluding steroid dienone is 1. The van der Waals surface area contributed by atoms with Gasteiger partial charge in [0, 0.05) is 12.3 Å². The van der Waals surface area contributed by atoms with Crippen molar-refractivity contribution in [1.82, 2.24) is 0 Å². The summed E-state index contributed by atoms with van der Waals surface area (Å²) in [5, 5.41) is 0. The lowest BCUT2D eigenvalue weighted by Gasteiger charge is -2.13. The number of hydrogen-bond donors (Lipinski definition) is 0. The van der Waals surface area contributed by atoms with Gasteiger partial charge in [-0.2, -0.15) is 0 Å². The second-order valence-corrected chi connectivity index (χ2v) is 7.39. The first-order chi connectivity index (χ1) is 9.04. The molecule has 4 nitrogen and oxygen atoms in total. The summed E-state index contributed by atoms with van der Waals surface area (Å²) in [4.78, 5) is 11.6. The quantitative estimate of drug-likeness (QED) is 0.347. The van der Waals surface area contributed by atoms with Crippen molar-refractivity contribution >= 4 is 13.3 Å². The third-order valence-electron chi connectivity index (χ3n) is 3.22. The van der Waals surface area contributed by atoms with Gasteiger partial charge in [0.25, 0.3) is 0 Å². The number of carbonyl (C=O) groups is 1. The molecule has 0 bridgehead atoms. The van der Waals surface area contributed by atoms with E-state index in [2.05, 4.69) is 6.58 Å². The number of ether oxygens (including phenoxy) is 1. The second-order valence-electron chi connectivity index (χ2n) is 4.66. The minimum atomic E-state index is -2.72. The summed E-state index contributed by atoms with van der Waals surface area (Å²) >= 11 is 0. The molecule has 19 heavy (non-hydrogen) atoms. The van der Waals surface area contributed by atoms with E-state index in [4.69, 9.17) is 9.26 Å². The van der Waals surface area contributed by atoms with Gasteiger partial charge in [0.2, 0.25) is 7.37 Å². The Hall–Kier alpha value is -1.38. The predicted molar refractivity (Wildman–Crippen MR) is 73.4 cm³/mol. The Kier molecular flexibility index (Phi) is 4.23. The van der Waals surface area contributed by atoms with Crippen molar-refractivity contribution in [3.8, 4) is 0 Å². The molecule has 0 aromatic heterocycles. The molecule has 2 rings (SSSR count). The molecule has 0 aliphatic heterocycles. The summed E-state index contributed by atoms with van der Waals surface area (Å²) in [6.07, 6.45) is 2.63. The molecule has 1 aliphatic rings. The van der Waals surface area contributed by atoms with Crippen molar-refractivity contribution < 1.29 is 18.6 Å². The average Bonchev–Trinajstić information content (AvgIpc) is 3.19. The smallest absolute Gasteiger partial charge is 0.340 e. The Morgan fingerprint density at radius 1 is 1.47 bits per heavy atom. The van der Waals surface area contributed by atoms with Gasteiger partial charge in [0.1, 0.15) is 0 Å². The number of carbonyl (C=O) groups excluding carboxylic acids is 1. The van der Waals surface area contributed by atoms with Gasteiger partial charge in [-0.05, 0) is 24.5 Å². The zero-order valence-corrected chi connectivity index (χ0v) is 11.7. The van der Waals surface area contributed by atoms with Crippen LogP contribution < -0.4 is 0 Å². The average molecular weight is 280 g/mol. The maximum absolute atomic E-state index is 12.2. The first-order valence-electron chi connectivity index (χ1n) is 6.11. The zero-order chi connectivity index (χ0) is 13.9. The van der Waals surface area contributed by atoms with Crippen LogP contribution in [-0.4, -0.2) is 25.1 Å². The highest BCUT2D eigenvalue weighted by Crippen LogP contribution is 2.62. The Labute approximate surface area is 112 Å². The van der Waals surface area contributed by atoms with Crippen LogP contribution in [0.5, 0.6) is 0 Å². The second kappa shape index (κ2) is 5.72. The lowest BCUT2D eigenvalue weighted by atomic mass is 10.2. The Morgan fingerprint density at radius 3 is 2.74 bits per heavy atom. The van der Waals surface area contributed by atoms with Gasteiger partial charge in [-0.1, -0.05) is 24.3 Å². The van der Waals surface area contributed by atoms with Gasteiger partial charge in [-0.25, -0.2) is 4.79 Å². The van der Waals surface area contributed by atoms with Crippen LogP contribution in [0.1, 0.15) is 16.8 Å². The Morgan fingerprint density at radius 2 is 2.16 bits per heavy atom. The van der Waals surface area contributed by atoms with Crippen LogP contribution in [0, 0.1) is 5.92 Å². The minimum Gasteiger partial charge on any atom is -0.434 e. The van der Waals surface area contributed by atoms with Crippen molar-refractivity contribution in [2.75, 3.05) is 13.5 Å². The minimum absolute atomic E-state index is 0.0282. The first kappa shape index (κ1) is 14.0. The number of hydrogen-bond acceptors (Lipinski definition) is 4. The fraction of sp³-hybridized carbons (Fsp3) is 0.357. The van der Waals surface area contributed by atoms with Crippen LogP contribution in [-0.2, 0) is 13.8 Å². The van der Waals surface area contributed by atoms with Crippen molar-refractivity contribution in [3.63, 3.8) is 0 Å². The highest BCUT2D eigenvalue weighted by atomic mass is 31.2. The van der Waals surface area contributed by atoms with E-state index in [-0.39, 0.29) is 18.4 Å². The molecular formula is C14H17O4P. The monoisotopic (exact) mass is 280 g/mol. The fourth-order valence-corrected chi connectivity index (χ4v) is 3.83. The van der Waals surface area contributed by atoms with E-state index in [1.807, 2.05) is 6.07 Å². The normalized spacial score (nSPS) is 24.3. The lowest BCUT2D eigenvalue weighted by molar-refractivity contribution is 0.0165. The van der Waals surface area contributed by atoms with Gasteiger partial charge < -0.3 is 4.74 Å². The molecule has 0 N–H and O–H groups in total. The molecule has 0 heterocycles. The van der Waals surface area contributed by atoms with E-state index in [0.717, 1.165) is 6.42 Å². The molecule has 102 valence electrons. The van der Waals surface area contributed by atoms with Crippen LogP contribution in [0.3, 0.4) is 0 Å². The van der Waals surface area contributed by atoms with Gasteiger partial charge in [-0.3, -0.25) is 9.09 Å². The molecule has 3 atom stereocenters. The van der Waals surface area contributed by atoms with E-state index in [0.29, 0.717) is 5.56 Å². The summed E-state index contributed by atoms with van der Waals surface area (Å²) in [6.45, 7) is 4.98. The van der Waals surface area contributed by atoms with E-state index >= 15 is 0 Å². The molecule has 0 amide bonds. The van der Waals surface area contributed by atoms with E-state index < -0.39 is 13.3 Å². The Bertz CT molecular complexity index is 511. The van der Waals surface area contributed by atoms with Crippen LogP contribution >= 0.6 is 7.37 Å². The maximum atomic E-state index is 12.2. The Balaban J connectivity index is 1.79. The van der Waals surface area contributed by atoms with E-state index in [1.165, 1.54) is 0 Å². The standard InChI is InChI=1S/C14H17O4P/c1-3-11-9-13(11)19(2,16)18-10-17-14(15)12-7-5-4-6-8-12/h3-8,11,13H,1,9-10H2,2H3/t11-,13+,19?/m1/s1. The summed E-state index contributed by atoms with van der Waals surface area (Å²) < 4.78 is 22.4. The molecule has 1 aromatic rings. The zero-order valence-electron chi connectivity index (χ0n) is 10.8. The highest BCUT2D eigenvalue weighted by molar-refractivity contribution is 7.59. The van der Waals surface area contributed by atoms with Crippen LogP contribution in [0.4, 0.5) is 0 Å². The SMILES string of the molecule is C=C[C@@H]1C[C@@H]1P(C)(=O)OCOC(=O)c1ccccc1. The summed E-state index contributed by atoms with van der Waals surface area (Å²) in [6, 6.07) is 8.63. The number of esters is 1. The van der Waals surface area contributed by atoms with E-state index in [1.54, 1.807) is 37.0 Å². The summed E-state index contributed by atoms with van der Waals surface area (Å²) in [5.74, 6) is -0.211. The third-order valence-corrected chi connectivity index (χ3v) is 5.64. The van der Waals surface area contributed by atoms with Gasteiger partial charge >= 0.3 is 5.97 Å². The predicted octanol–water partition coefficient (Wildman–Crippen LogP) is 3.30. The molecule has 5 heteroatoms. The molecular weight excluding hydrogens is 263 g/mol. The third kappa shape index (κ3) is 3.55. The molecule has 1 aromatic carbocycles. The van der Waals surface area contributed by atoms with Gasteiger partial charge in [0.05, 0.1) is 5.56 Å². The van der Waals surface area contributed by atoms with Crippen LogP contribution in [0.15, 0.2) is 43.0 Å². The van der Waals surface area contributed by atoms with Gasteiger partial charge in [-0.15, -0.1) is 6.58 Å². The van der Waals surface area contributed by atoms with Crippen molar-refractivity contribution in [1.29, 1.82) is 0 Å². The highest BCUT2D eigenvalue weighted by Gasteiger charge is 2.47. The maximum Gasteiger partial charge on any atom is 0.340 e. The molecule has 0 spiro atoms. The summed E-state index contributed by atoms with van der Waals surface area (Å²) in [5.41, 5.74) is 0.479. The molecule has 0 saturated heterocycles. The number of benzene rings is 1. The number of rotatable bonds is 6. The topological polar surface area (TPSA) is 52.6 Å². The molecule has 1 saturated carbocycles. The van der Waals surface area contributed by atoms with Crippen molar-refractivity contribution in [3.05, 3.63) is 48.6 Å². The van der Waals surface area contributed by atoms with Crippen LogP contribution in [0.25, 0.3) is 0 Å². The molecule has 1 fully saturated rings.